The Morgan fingerprint density at radius 2 is 1.79 bits per heavy atom. The molecule has 1 atom stereocenters. The van der Waals surface area contributed by atoms with Gasteiger partial charge < -0.3 is 5.11 Å². The van der Waals surface area contributed by atoms with E-state index < -0.39 is 0 Å². The lowest BCUT2D eigenvalue weighted by atomic mass is 9.71. The number of rotatable bonds is 5. The standard InChI is InChI=1S/C12H24O2/c1-9(2)11(12(3,4)5)10(14)7-6-8-13/h9,11,13H,6-8H2,1-5H3. The second kappa shape index (κ2) is 5.50. The van der Waals surface area contributed by atoms with Gasteiger partial charge in [0.15, 0.2) is 0 Å². The fourth-order valence-corrected chi connectivity index (χ4v) is 2.26. The molecule has 0 rings (SSSR count). The topological polar surface area (TPSA) is 37.3 Å². The molecule has 1 unspecified atom stereocenters. The maximum absolute atomic E-state index is 11.9. The Balaban J connectivity index is 4.43. The number of aliphatic hydroxyl groups excluding tert-OH is 1. The van der Waals surface area contributed by atoms with Gasteiger partial charge >= 0.3 is 0 Å². The zero-order chi connectivity index (χ0) is 11.4. The molecule has 2 nitrogen and oxygen atoms in total. The summed E-state index contributed by atoms with van der Waals surface area (Å²) in [6.07, 6.45) is 1.11. The maximum Gasteiger partial charge on any atom is 0.136 e. The van der Waals surface area contributed by atoms with Crippen LogP contribution in [0.15, 0.2) is 0 Å². The van der Waals surface area contributed by atoms with E-state index in [4.69, 9.17) is 5.11 Å². The minimum atomic E-state index is 0.0285. The summed E-state index contributed by atoms with van der Waals surface area (Å²) >= 11 is 0. The number of Topliss-reactive ketones (excluding diaryl/α,β-unsaturated/α-hetero) is 1. The average Bonchev–Trinajstić information content (AvgIpc) is 1.97. The van der Waals surface area contributed by atoms with Crippen LogP contribution in [0.25, 0.3) is 0 Å². The summed E-state index contributed by atoms with van der Waals surface area (Å²) in [5, 5.41) is 8.69. The molecule has 0 saturated heterocycles. The first kappa shape index (κ1) is 13.6. The predicted octanol–water partition coefficient (Wildman–Crippen LogP) is 2.65. The molecule has 0 radical (unpaired) electrons. The molecule has 0 amide bonds. The van der Waals surface area contributed by atoms with E-state index in [-0.39, 0.29) is 17.9 Å². The Hall–Kier alpha value is -0.370. The van der Waals surface area contributed by atoms with E-state index in [9.17, 15) is 4.79 Å². The summed E-state index contributed by atoms with van der Waals surface area (Å²) in [6, 6.07) is 0. The largest absolute Gasteiger partial charge is 0.396 e. The molecule has 1 N–H and O–H groups in total. The van der Waals surface area contributed by atoms with Gasteiger partial charge in [0.2, 0.25) is 0 Å². The number of ketones is 1. The van der Waals surface area contributed by atoms with Gasteiger partial charge in [-0.3, -0.25) is 4.79 Å². The molecule has 0 aromatic rings. The molecule has 0 aromatic heterocycles. The lowest BCUT2D eigenvalue weighted by Gasteiger charge is -2.32. The van der Waals surface area contributed by atoms with Crippen molar-refractivity contribution in [1.82, 2.24) is 0 Å². The zero-order valence-electron chi connectivity index (χ0n) is 10.1. The maximum atomic E-state index is 11.9. The van der Waals surface area contributed by atoms with Crippen LogP contribution in [0.1, 0.15) is 47.5 Å². The van der Waals surface area contributed by atoms with Crippen molar-refractivity contribution in [2.45, 2.75) is 47.5 Å². The average molecular weight is 200 g/mol. The van der Waals surface area contributed by atoms with Gasteiger partial charge in [-0.05, 0) is 17.8 Å². The van der Waals surface area contributed by atoms with Crippen molar-refractivity contribution in [2.24, 2.45) is 17.3 Å². The van der Waals surface area contributed by atoms with Crippen LogP contribution in [0.4, 0.5) is 0 Å². The lowest BCUT2D eigenvalue weighted by molar-refractivity contribution is -0.128. The van der Waals surface area contributed by atoms with Gasteiger partial charge in [-0.2, -0.15) is 0 Å². The minimum Gasteiger partial charge on any atom is -0.396 e. The van der Waals surface area contributed by atoms with Gasteiger partial charge in [-0.1, -0.05) is 34.6 Å². The SMILES string of the molecule is CC(C)C(C(=O)CCCO)C(C)(C)C. The van der Waals surface area contributed by atoms with E-state index in [0.717, 1.165) is 0 Å². The highest BCUT2D eigenvalue weighted by molar-refractivity contribution is 5.81. The highest BCUT2D eigenvalue weighted by Crippen LogP contribution is 2.33. The third kappa shape index (κ3) is 4.23. The summed E-state index contributed by atoms with van der Waals surface area (Å²) in [4.78, 5) is 11.9. The summed E-state index contributed by atoms with van der Waals surface area (Å²) in [5.41, 5.74) is 0.0285. The van der Waals surface area contributed by atoms with Crippen molar-refractivity contribution in [1.29, 1.82) is 0 Å². The number of carbonyl (C=O) groups excluding carboxylic acids is 1. The van der Waals surface area contributed by atoms with E-state index >= 15 is 0 Å². The molecule has 0 aliphatic rings. The van der Waals surface area contributed by atoms with Crippen LogP contribution in [0.5, 0.6) is 0 Å². The molecule has 0 aliphatic heterocycles. The molecular formula is C12H24O2. The van der Waals surface area contributed by atoms with E-state index in [1.165, 1.54) is 0 Å². The third-order valence-corrected chi connectivity index (χ3v) is 2.53. The van der Waals surface area contributed by atoms with Crippen molar-refractivity contribution < 1.29 is 9.90 Å². The molecule has 0 aromatic carbocycles. The molecule has 0 bridgehead atoms. The zero-order valence-corrected chi connectivity index (χ0v) is 10.1. The van der Waals surface area contributed by atoms with Crippen LogP contribution >= 0.6 is 0 Å². The molecule has 0 spiro atoms. The van der Waals surface area contributed by atoms with E-state index in [1.54, 1.807) is 0 Å². The van der Waals surface area contributed by atoms with Crippen LogP contribution in [0, 0.1) is 17.3 Å². The van der Waals surface area contributed by atoms with Crippen molar-refractivity contribution in [3.63, 3.8) is 0 Å². The lowest BCUT2D eigenvalue weighted by Crippen LogP contribution is -2.33. The monoisotopic (exact) mass is 200 g/mol. The van der Waals surface area contributed by atoms with Gasteiger partial charge in [-0.25, -0.2) is 0 Å². The van der Waals surface area contributed by atoms with Gasteiger partial charge in [0.05, 0.1) is 0 Å². The summed E-state index contributed by atoms with van der Waals surface area (Å²) in [6.45, 7) is 10.6. The summed E-state index contributed by atoms with van der Waals surface area (Å²) < 4.78 is 0. The fraction of sp³-hybridized carbons (Fsp3) is 0.917. The van der Waals surface area contributed by atoms with Gasteiger partial charge in [0.1, 0.15) is 5.78 Å². The molecule has 2 heteroatoms. The molecule has 0 saturated carbocycles. The molecule has 0 fully saturated rings. The van der Waals surface area contributed by atoms with Gasteiger partial charge in [0.25, 0.3) is 0 Å². The van der Waals surface area contributed by atoms with E-state index in [0.29, 0.717) is 24.5 Å². The molecule has 84 valence electrons. The number of hydrogen-bond acceptors (Lipinski definition) is 2. The normalized spacial score (nSPS) is 14.5. The van der Waals surface area contributed by atoms with Crippen LogP contribution in [0.2, 0.25) is 0 Å². The van der Waals surface area contributed by atoms with Gasteiger partial charge in [-0.15, -0.1) is 0 Å². The minimum absolute atomic E-state index is 0.0285. The van der Waals surface area contributed by atoms with E-state index in [1.807, 2.05) is 0 Å². The highest BCUT2D eigenvalue weighted by Gasteiger charge is 2.32. The molecular weight excluding hydrogens is 176 g/mol. The first-order valence-electron chi connectivity index (χ1n) is 5.44. The Labute approximate surface area is 87.7 Å². The van der Waals surface area contributed by atoms with Crippen LogP contribution in [0.3, 0.4) is 0 Å². The van der Waals surface area contributed by atoms with Crippen molar-refractivity contribution in [3.05, 3.63) is 0 Å². The second-order valence-corrected chi connectivity index (χ2v) is 5.38. The van der Waals surface area contributed by atoms with Crippen molar-refractivity contribution in [3.8, 4) is 0 Å². The Morgan fingerprint density at radius 1 is 1.29 bits per heavy atom. The predicted molar refractivity (Wildman–Crippen MR) is 59.1 cm³/mol. The number of hydrogen-bond donors (Lipinski definition) is 1. The summed E-state index contributed by atoms with van der Waals surface area (Å²) in [5.74, 6) is 0.775. The Bertz CT molecular complexity index is 177. The van der Waals surface area contributed by atoms with Crippen molar-refractivity contribution >= 4 is 5.78 Å². The van der Waals surface area contributed by atoms with Crippen LogP contribution in [-0.2, 0) is 4.79 Å². The number of aliphatic hydroxyl groups is 1. The molecule has 14 heavy (non-hydrogen) atoms. The summed E-state index contributed by atoms with van der Waals surface area (Å²) in [7, 11) is 0. The number of carbonyl (C=O) groups is 1. The van der Waals surface area contributed by atoms with Crippen LogP contribution < -0.4 is 0 Å². The first-order valence-corrected chi connectivity index (χ1v) is 5.44. The van der Waals surface area contributed by atoms with Gasteiger partial charge in [0, 0.05) is 18.9 Å². The smallest absolute Gasteiger partial charge is 0.136 e. The molecule has 0 aliphatic carbocycles. The van der Waals surface area contributed by atoms with E-state index in [2.05, 4.69) is 34.6 Å². The third-order valence-electron chi connectivity index (χ3n) is 2.53. The first-order chi connectivity index (χ1) is 6.30. The quantitative estimate of drug-likeness (QED) is 0.740. The fourth-order valence-electron chi connectivity index (χ4n) is 2.26. The Kier molecular flexibility index (Phi) is 5.35. The van der Waals surface area contributed by atoms with Crippen LogP contribution in [-0.4, -0.2) is 17.5 Å². The van der Waals surface area contributed by atoms with Crippen molar-refractivity contribution in [2.75, 3.05) is 6.61 Å². The second-order valence-electron chi connectivity index (χ2n) is 5.38. The highest BCUT2D eigenvalue weighted by atomic mass is 16.3. The Morgan fingerprint density at radius 3 is 2.07 bits per heavy atom. The molecule has 0 heterocycles.